The van der Waals surface area contributed by atoms with Crippen molar-refractivity contribution in [3.8, 4) is 0 Å². The number of carbonyl (C=O) groups is 2. The van der Waals surface area contributed by atoms with Crippen molar-refractivity contribution in [2.45, 2.75) is 47.0 Å². The van der Waals surface area contributed by atoms with E-state index in [9.17, 15) is 9.59 Å². The van der Waals surface area contributed by atoms with Crippen molar-refractivity contribution >= 4 is 11.8 Å². The molecule has 1 aliphatic heterocycles. The molecule has 134 valence electrons. The van der Waals surface area contributed by atoms with Crippen molar-refractivity contribution in [2.75, 3.05) is 40.3 Å². The lowest BCUT2D eigenvalue weighted by Crippen LogP contribution is -2.48. The Hall–Kier alpha value is -1.10. The first-order chi connectivity index (χ1) is 10.6. The molecule has 0 aliphatic carbocycles. The number of hydrogen-bond donors (Lipinski definition) is 1. The van der Waals surface area contributed by atoms with Crippen molar-refractivity contribution in [1.82, 2.24) is 15.1 Å². The van der Waals surface area contributed by atoms with E-state index in [-0.39, 0.29) is 17.2 Å². The highest BCUT2D eigenvalue weighted by molar-refractivity contribution is 5.81. The van der Waals surface area contributed by atoms with Gasteiger partial charge in [0.25, 0.3) is 0 Å². The maximum absolute atomic E-state index is 12.5. The van der Waals surface area contributed by atoms with Gasteiger partial charge in [0, 0.05) is 38.0 Å². The van der Waals surface area contributed by atoms with Crippen LogP contribution in [0.2, 0.25) is 0 Å². The second-order valence-electron chi connectivity index (χ2n) is 8.08. The first-order valence-electron chi connectivity index (χ1n) is 8.86. The van der Waals surface area contributed by atoms with Gasteiger partial charge in [0.2, 0.25) is 11.8 Å². The normalized spacial score (nSPS) is 22.3. The third-order valence-electron chi connectivity index (χ3n) is 4.67. The molecule has 2 unspecified atom stereocenters. The van der Waals surface area contributed by atoms with E-state index < -0.39 is 0 Å². The molecule has 5 heteroatoms. The molecule has 0 aromatic heterocycles. The van der Waals surface area contributed by atoms with Gasteiger partial charge >= 0.3 is 0 Å². The molecule has 0 bridgehead atoms. The number of nitrogens with zero attached hydrogens (tertiary/aromatic N) is 2. The Morgan fingerprint density at radius 1 is 1.22 bits per heavy atom. The van der Waals surface area contributed by atoms with Crippen LogP contribution in [0.5, 0.6) is 0 Å². The van der Waals surface area contributed by atoms with Crippen molar-refractivity contribution < 1.29 is 9.59 Å². The fraction of sp³-hybridized carbons (Fsp3) is 0.889. The lowest BCUT2D eigenvalue weighted by Gasteiger charge is -2.40. The maximum Gasteiger partial charge on any atom is 0.227 e. The van der Waals surface area contributed by atoms with E-state index in [1.165, 1.54) is 0 Å². The highest BCUT2D eigenvalue weighted by Crippen LogP contribution is 2.31. The summed E-state index contributed by atoms with van der Waals surface area (Å²) in [6.45, 7) is 11.2. The molecule has 23 heavy (non-hydrogen) atoms. The van der Waals surface area contributed by atoms with Crippen LogP contribution < -0.4 is 5.32 Å². The van der Waals surface area contributed by atoms with Gasteiger partial charge < -0.3 is 15.1 Å². The van der Waals surface area contributed by atoms with E-state index >= 15 is 0 Å². The maximum atomic E-state index is 12.5. The molecule has 1 N–H and O–H groups in total. The zero-order valence-electron chi connectivity index (χ0n) is 15.8. The van der Waals surface area contributed by atoms with E-state index in [0.29, 0.717) is 24.8 Å². The van der Waals surface area contributed by atoms with Gasteiger partial charge in [-0.3, -0.25) is 9.59 Å². The van der Waals surface area contributed by atoms with Gasteiger partial charge in [-0.2, -0.15) is 0 Å². The van der Waals surface area contributed by atoms with Crippen LogP contribution in [-0.4, -0.2) is 61.9 Å². The summed E-state index contributed by atoms with van der Waals surface area (Å²) >= 11 is 0. The number of carbonyl (C=O) groups excluding carboxylic acids is 2. The fourth-order valence-electron chi connectivity index (χ4n) is 3.20. The van der Waals surface area contributed by atoms with E-state index in [1.54, 1.807) is 0 Å². The topological polar surface area (TPSA) is 52.7 Å². The lowest BCUT2D eigenvalue weighted by molar-refractivity contribution is -0.142. The van der Waals surface area contributed by atoms with Gasteiger partial charge in [-0.1, -0.05) is 34.1 Å². The van der Waals surface area contributed by atoms with Crippen molar-refractivity contribution in [3.63, 3.8) is 0 Å². The summed E-state index contributed by atoms with van der Waals surface area (Å²) in [7, 11) is 4.00. The van der Waals surface area contributed by atoms with Crippen LogP contribution in [0.3, 0.4) is 0 Å². The zero-order valence-corrected chi connectivity index (χ0v) is 15.8. The summed E-state index contributed by atoms with van der Waals surface area (Å²) in [6.07, 6.45) is 2.54. The molecule has 1 saturated heterocycles. The zero-order chi connectivity index (χ0) is 17.6. The number of piperidine rings is 1. The van der Waals surface area contributed by atoms with E-state index in [1.807, 2.05) is 39.8 Å². The van der Waals surface area contributed by atoms with Crippen LogP contribution in [0.4, 0.5) is 0 Å². The van der Waals surface area contributed by atoms with Crippen molar-refractivity contribution in [3.05, 3.63) is 0 Å². The minimum Gasteiger partial charge on any atom is -0.355 e. The van der Waals surface area contributed by atoms with Crippen LogP contribution >= 0.6 is 0 Å². The molecule has 0 spiro atoms. The molecule has 2 amide bonds. The van der Waals surface area contributed by atoms with E-state index in [0.717, 1.165) is 32.5 Å². The lowest BCUT2D eigenvalue weighted by atomic mass is 9.80. The number of rotatable bonds is 6. The quantitative estimate of drug-likeness (QED) is 0.812. The van der Waals surface area contributed by atoms with E-state index in [2.05, 4.69) is 17.1 Å². The van der Waals surface area contributed by atoms with Crippen LogP contribution in [-0.2, 0) is 9.59 Å². The molecule has 1 fully saturated rings. The standard InChI is InChI=1S/C18H35N3O2/c1-7-14-13-21(17(23)18(2,3)4)10-8-15(14)12-16(22)19-9-11-20(5)6/h14-15H,7-13H2,1-6H3,(H,19,22). The highest BCUT2D eigenvalue weighted by atomic mass is 16.2. The Morgan fingerprint density at radius 2 is 1.87 bits per heavy atom. The Bertz CT molecular complexity index is 402. The Morgan fingerprint density at radius 3 is 2.39 bits per heavy atom. The number of hydrogen-bond acceptors (Lipinski definition) is 3. The predicted octanol–water partition coefficient (Wildman–Crippen LogP) is 1.98. The summed E-state index contributed by atoms with van der Waals surface area (Å²) in [6, 6.07) is 0. The molecule has 2 atom stereocenters. The Kier molecular flexibility index (Phi) is 7.52. The second-order valence-corrected chi connectivity index (χ2v) is 8.08. The van der Waals surface area contributed by atoms with Gasteiger partial charge in [0.1, 0.15) is 0 Å². The molecule has 1 heterocycles. The Balaban J connectivity index is 2.50. The molecular weight excluding hydrogens is 290 g/mol. The second kappa shape index (κ2) is 8.67. The molecule has 0 aromatic rings. The van der Waals surface area contributed by atoms with Gasteiger partial charge in [-0.15, -0.1) is 0 Å². The van der Waals surface area contributed by atoms with Crippen LogP contribution in [0.1, 0.15) is 47.0 Å². The number of amides is 2. The molecular formula is C18H35N3O2. The largest absolute Gasteiger partial charge is 0.355 e. The first-order valence-corrected chi connectivity index (χ1v) is 8.86. The minimum absolute atomic E-state index is 0.144. The average molecular weight is 325 g/mol. The summed E-state index contributed by atoms with van der Waals surface area (Å²) in [4.78, 5) is 28.6. The Labute approximate surface area is 141 Å². The summed E-state index contributed by atoms with van der Waals surface area (Å²) in [5.74, 6) is 1.19. The van der Waals surface area contributed by atoms with Crippen LogP contribution in [0, 0.1) is 17.3 Å². The third-order valence-corrected chi connectivity index (χ3v) is 4.67. The summed E-state index contributed by atoms with van der Waals surface area (Å²) in [5, 5.41) is 3.00. The van der Waals surface area contributed by atoms with Gasteiger partial charge in [0.05, 0.1) is 0 Å². The number of nitrogens with one attached hydrogen (secondary N) is 1. The van der Waals surface area contributed by atoms with Crippen molar-refractivity contribution in [2.24, 2.45) is 17.3 Å². The SMILES string of the molecule is CCC1CN(C(=O)C(C)(C)C)CCC1CC(=O)NCCN(C)C. The fourth-order valence-corrected chi connectivity index (χ4v) is 3.20. The molecule has 0 aromatic carbocycles. The molecule has 0 radical (unpaired) electrons. The number of likely N-dealkylation sites (N-methyl/N-ethyl adjacent to an activating group) is 1. The third kappa shape index (κ3) is 6.50. The van der Waals surface area contributed by atoms with Gasteiger partial charge in [-0.05, 0) is 32.4 Å². The van der Waals surface area contributed by atoms with E-state index in [4.69, 9.17) is 0 Å². The average Bonchev–Trinajstić information content (AvgIpc) is 2.45. The number of likely N-dealkylation sites (tertiary alicyclic amines) is 1. The summed E-state index contributed by atoms with van der Waals surface area (Å²) in [5.41, 5.74) is -0.325. The molecule has 1 rings (SSSR count). The molecule has 0 saturated carbocycles. The molecule has 5 nitrogen and oxygen atoms in total. The highest BCUT2D eigenvalue weighted by Gasteiger charge is 2.35. The molecule has 1 aliphatic rings. The van der Waals surface area contributed by atoms with Crippen LogP contribution in [0.15, 0.2) is 0 Å². The first kappa shape index (κ1) is 19.9. The monoisotopic (exact) mass is 325 g/mol. The van der Waals surface area contributed by atoms with Crippen LogP contribution in [0.25, 0.3) is 0 Å². The van der Waals surface area contributed by atoms with Crippen molar-refractivity contribution in [1.29, 1.82) is 0 Å². The van der Waals surface area contributed by atoms with Gasteiger partial charge in [0.15, 0.2) is 0 Å². The summed E-state index contributed by atoms with van der Waals surface area (Å²) < 4.78 is 0. The predicted molar refractivity (Wildman–Crippen MR) is 94.1 cm³/mol. The minimum atomic E-state index is -0.325. The van der Waals surface area contributed by atoms with Gasteiger partial charge in [-0.25, -0.2) is 0 Å². The smallest absolute Gasteiger partial charge is 0.227 e.